The standard InChI is InChI=1S/C13H13ClN2/c1-10-4-2-3-5-12(10)6-13-15-8-11(7-14)9-16-13/h2-5,8-9H,6-7H2,1H3. The summed E-state index contributed by atoms with van der Waals surface area (Å²) in [5.41, 5.74) is 3.49. The molecule has 16 heavy (non-hydrogen) atoms. The molecule has 0 amide bonds. The number of benzene rings is 1. The number of aromatic nitrogens is 2. The molecule has 1 aromatic carbocycles. The lowest BCUT2D eigenvalue weighted by atomic mass is 10.1. The monoisotopic (exact) mass is 232 g/mol. The summed E-state index contributed by atoms with van der Waals surface area (Å²) in [6.07, 6.45) is 4.34. The summed E-state index contributed by atoms with van der Waals surface area (Å²) < 4.78 is 0. The Hall–Kier alpha value is -1.41. The molecule has 0 bridgehead atoms. The highest BCUT2D eigenvalue weighted by molar-refractivity contribution is 6.17. The molecule has 0 spiro atoms. The van der Waals surface area contributed by atoms with Crippen molar-refractivity contribution in [2.75, 3.05) is 0 Å². The molecule has 0 atom stereocenters. The Bertz CT molecular complexity index is 466. The third-order valence-corrected chi connectivity index (χ3v) is 2.83. The maximum absolute atomic E-state index is 5.68. The highest BCUT2D eigenvalue weighted by Crippen LogP contribution is 2.11. The number of nitrogens with zero attached hydrogens (tertiary/aromatic N) is 2. The van der Waals surface area contributed by atoms with Crippen LogP contribution in [0.1, 0.15) is 22.5 Å². The van der Waals surface area contributed by atoms with Crippen LogP contribution in [-0.4, -0.2) is 9.97 Å². The average Bonchev–Trinajstić information content (AvgIpc) is 2.33. The second-order valence-electron chi connectivity index (χ2n) is 3.74. The van der Waals surface area contributed by atoms with Gasteiger partial charge in [-0.3, -0.25) is 0 Å². The van der Waals surface area contributed by atoms with Gasteiger partial charge in [-0.2, -0.15) is 0 Å². The second kappa shape index (κ2) is 5.08. The molecule has 0 unspecified atom stereocenters. The molecule has 2 aromatic rings. The lowest BCUT2D eigenvalue weighted by Gasteiger charge is -2.04. The van der Waals surface area contributed by atoms with E-state index in [0.29, 0.717) is 5.88 Å². The van der Waals surface area contributed by atoms with E-state index in [1.807, 2.05) is 12.1 Å². The maximum Gasteiger partial charge on any atom is 0.132 e. The average molecular weight is 233 g/mol. The Balaban J connectivity index is 2.18. The molecule has 2 nitrogen and oxygen atoms in total. The van der Waals surface area contributed by atoms with Gasteiger partial charge in [0.15, 0.2) is 0 Å². The summed E-state index contributed by atoms with van der Waals surface area (Å²) in [5, 5.41) is 0. The Morgan fingerprint density at radius 3 is 2.44 bits per heavy atom. The molecule has 0 aliphatic heterocycles. The minimum atomic E-state index is 0.463. The van der Waals surface area contributed by atoms with Gasteiger partial charge < -0.3 is 0 Å². The normalized spacial score (nSPS) is 10.4. The molecule has 1 aromatic heterocycles. The maximum atomic E-state index is 5.68. The van der Waals surface area contributed by atoms with E-state index < -0.39 is 0 Å². The quantitative estimate of drug-likeness (QED) is 0.760. The molecule has 0 N–H and O–H groups in total. The van der Waals surface area contributed by atoms with Gasteiger partial charge in [-0.05, 0) is 18.1 Å². The van der Waals surface area contributed by atoms with E-state index in [2.05, 4.69) is 29.0 Å². The van der Waals surface area contributed by atoms with Crippen molar-refractivity contribution in [2.24, 2.45) is 0 Å². The fraction of sp³-hybridized carbons (Fsp3) is 0.231. The lowest BCUT2D eigenvalue weighted by Crippen LogP contribution is -1.98. The smallest absolute Gasteiger partial charge is 0.132 e. The molecule has 0 saturated heterocycles. The van der Waals surface area contributed by atoms with Gasteiger partial charge in [-0.15, -0.1) is 11.6 Å². The van der Waals surface area contributed by atoms with Crippen LogP contribution >= 0.6 is 11.6 Å². The second-order valence-corrected chi connectivity index (χ2v) is 4.01. The van der Waals surface area contributed by atoms with Gasteiger partial charge in [0, 0.05) is 24.4 Å². The lowest BCUT2D eigenvalue weighted by molar-refractivity contribution is 0.946. The van der Waals surface area contributed by atoms with Gasteiger partial charge in [-0.25, -0.2) is 9.97 Å². The molecule has 0 aliphatic rings. The number of alkyl halides is 1. The Morgan fingerprint density at radius 2 is 1.81 bits per heavy atom. The zero-order valence-corrected chi connectivity index (χ0v) is 9.91. The van der Waals surface area contributed by atoms with Crippen molar-refractivity contribution in [3.05, 3.63) is 59.2 Å². The Labute approximate surface area is 100 Å². The summed E-state index contributed by atoms with van der Waals surface area (Å²) in [6, 6.07) is 8.28. The van der Waals surface area contributed by atoms with Crippen LogP contribution in [0.15, 0.2) is 36.7 Å². The van der Waals surface area contributed by atoms with Gasteiger partial charge in [0.1, 0.15) is 5.82 Å². The van der Waals surface area contributed by atoms with Crippen LogP contribution in [-0.2, 0) is 12.3 Å². The molecule has 82 valence electrons. The minimum absolute atomic E-state index is 0.463. The van der Waals surface area contributed by atoms with Crippen LogP contribution in [0.5, 0.6) is 0 Å². The van der Waals surface area contributed by atoms with Crippen LogP contribution in [0.25, 0.3) is 0 Å². The first kappa shape index (κ1) is 11.1. The summed E-state index contributed by atoms with van der Waals surface area (Å²) in [5.74, 6) is 1.30. The van der Waals surface area contributed by atoms with E-state index in [1.54, 1.807) is 12.4 Å². The first-order valence-electron chi connectivity index (χ1n) is 5.20. The topological polar surface area (TPSA) is 25.8 Å². The zero-order chi connectivity index (χ0) is 11.4. The number of aryl methyl sites for hydroxylation is 1. The molecule has 1 heterocycles. The number of rotatable bonds is 3. The van der Waals surface area contributed by atoms with Gasteiger partial charge in [0.05, 0.1) is 5.88 Å². The van der Waals surface area contributed by atoms with Crippen LogP contribution in [0.4, 0.5) is 0 Å². The molecule has 0 aliphatic carbocycles. The van der Waals surface area contributed by atoms with Crippen molar-refractivity contribution in [1.29, 1.82) is 0 Å². The largest absolute Gasteiger partial charge is 0.241 e. The fourth-order valence-electron chi connectivity index (χ4n) is 1.52. The van der Waals surface area contributed by atoms with E-state index in [-0.39, 0.29) is 0 Å². The third-order valence-electron chi connectivity index (χ3n) is 2.52. The van der Waals surface area contributed by atoms with Gasteiger partial charge in [0.2, 0.25) is 0 Å². The highest BCUT2D eigenvalue weighted by atomic mass is 35.5. The molecule has 2 rings (SSSR count). The van der Waals surface area contributed by atoms with Gasteiger partial charge >= 0.3 is 0 Å². The van der Waals surface area contributed by atoms with Crippen molar-refractivity contribution in [1.82, 2.24) is 9.97 Å². The minimum Gasteiger partial charge on any atom is -0.241 e. The molecular weight excluding hydrogens is 220 g/mol. The summed E-state index contributed by atoms with van der Waals surface area (Å²) >= 11 is 5.68. The Morgan fingerprint density at radius 1 is 1.12 bits per heavy atom. The fourth-order valence-corrected chi connectivity index (χ4v) is 1.66. The van der Waals surface area contributed by atoms with E-state index in [0.717, 1.165) is 17.8 Å². The van der Waals surface area contributed by atoms with Crippen LogP contribution in [0.3, 0.4) is 0 Å². The van der Waals surface area contributed by atoms with E-state index in [4.69, 9.17) is 11.6 Å². The summed E-state index contributed by atoms with van der Waals surface area (Å²) in [4.78, 5) is 8.58. The highest BCUT2D eigenvalue weighted by Gasteiger charge is 2.01. The number of halogens is 1. The molecule has 0 saturated carbocycles. The van der Waals surface area contributed by atoms with Crippen molar-refractivity contribution in [3.8, 4) is 0 Å². The summed E-state index contributed by atoms with van der Waals surface area (Å²) in [7, 11) is 0. The van der Waals surface area contributed by atoms with Gasteiger partial charge in [-0.1, -0.05) is 24.3 Å². The zero-order valence-electron chi connectivity index (χ0n) is 9.15. The van der Waals surface area contributed by atoms with E-state index in [1.165, 1.54) is 11.1 Å². The van der Waals surface area contributed by atoms with Crippen LogP contribution in [0, 0.1) is 6.92 Å². The number of hydrogen-bond acceptors (Lipinski definition) is 2. The number of hydrogen-bond donors (Lipinski definition) is 0. The molecule has 0 radical (unpaired) electrons. The molecule has 3 heteroatoms. The van der Waals surface area contributed by atoms with Gasteiger partial charge in [0.25, 0.3) is 0 Å². The Kier molecular flexibility index (Phi) is 3.52. The third kappa shape index (κ3) is 2.58. The predicted molar refractivity (Wildman–Crippen MR) is 65.6 cm³/mol. The predicted octanol–water partition coefficient (Wildman–Crippen LogP) is 3.11. The van der Waals surface area contributed by atoms with Crippen LogP contribution < -0.4 is 0 Å². The molecule has 0 fully saturated rings. The van der Waals surface area contributed by atoms with Crippen molar-refractivity contribution in [3.63, 3.8) is 0 Å². The van der Waals surface area contributed by atoms with E-state index >= 15 is 0 Å². The molecular formula is C13H13ClN2. The summed E-state index contributed by atoms with van der Waals surface area (Å²) in [6.45, 7) is 2.10. The van der Waals surface area contributed by atoms with E-state index in [9.17, 15) is 0 Å². The van der Waals surface area contributed by atoms with Crippen LogP contribution in [0.2, 0.25) is 0 Å². The SMILES string of the molecule is Cc1ccccc1Cc1ncc(CCl)cn1. The first-order chi connectivity index (χ1) is 7.79. The van der Waals surface area contributed by atoms with Crippen molar-refractivity contribution < 1.29 is 0 Å². The first-order valence-corrected chi connectivity index (χ1v) is 5.73. The van der Waals surface area contributed by atoms with Crippen molar-refractivity contribution in [2.45, 2.75) is 19.2 Å². The van der Waals surface area contributed by atoms with Crippen molar-refractivity contribution >= 4 is 11.6 Å².